The van der Waals surface area contributed by atoms with Gasteiger partial charge in [0, 0.05) is 18.7 Å². The molecule has 0 unspecified atom stereocenters. The van der Waals surface area contributed by atoms with Gasteiger partial charge in [-0.1, -0.05) is 13.3 Å². The van der Waals surface area contributed by atoms with Gasteiger partial charge in [-0.25, -0.2) is 4.39 Å². The van der Waals surface area contributed by atoms with Gasteiger partial charge in [0.05, 0.1) is 17.5 Å². The van der Waals surface area contributed by atoms with E-state index in [0.29, 0.717) is 5.69 Å². The Labute approximate surface area is 102 Å². The normalized spacial score (nSPS) is 10.6. The Morgan fingerprint density at radius 1 is 1.41 bits per heavy atom. The van der Waals surface area contributed by atoms with E-state index in [0.717, 1.165) is 25.1 Å². The molecule has 0 aromatic heterocycles. The summed E-state index contributed by atoms with van der Waals surface area (Å²) in [5, 5.41) is 3.18. The molecule has 0 saturated carbocycles. The number of anilines is 2. The predicted octanol–water partition coefficient (Wildman–Crippen LogP) is 3.41. The lowest BCUT2D eigenvalue weighted by Gasteiger charge is -2.14. The molecule has 0 spiro atoms. The third kappa shape index (κ3) is 4.13. The summed E-state index contributed by atoms with van der Waals surface area (Å²) in [6.45, 7) is 6.66. The van der Waals surface area contributed by atoms with E-state index in [2.05, 4.69) is 12.2 Å². The Morgan fingerprint density at radius 3 is 2.71 bits per heavy atom. The molecule has 0 bridgehead atoms. The van der Waals surface area contributed by atoms with Crippen LogP contribution in [0.3, 0.4) is 0 Å². The predicted molar refractivity (Wildman–Crippen MR) is 70.0 cm³/mol. The number of hydrogen-bond acceptors (Lipinski definition) is 3. The highest BCUT2D eigenvalue weighted by Gasteiger charge is 2.10. The van der Waals surface area contributed by atoms with Gasteiger partial charge < -0.3 is 15.8 Å². The molecule has 3 N–H and O–H groups in total. The second-order valence-corrected chi connectivity index (χ2v) is 4.32. The van der Waals surface area contributed by atoms with Crippen molar-refractivity contribution in [3.8, 4) is 5.75 Å². The largest absolute Gasteiger partial charge is 0.488 e. The lowest BCUT2D eigenvalue weighted by molar-refractivity contribution is 0.231. The van der Waals surface area contributed by atoms with E-state index < -0.39 is 5.82 Å². The maximum atomic E-state index is 13.5. The van der Waals surface area contributed by atoms with E-state index >= 15 is 0 Å². The van der Waals surface area contributed by atoms with Crippen molar-refractivity contribution in [2.24, 2.45) is 0 Å². The average Bonchev–Trinajstić information content (AvgIpc) is 2.24. The number of unbranched alkanes of at least 4 members (excludes halogenated alkanes) is 1. The van der Waals surface area contributed by atoms with Gasteiger partial charge in [-0.3, -0.25) is 0 Å². The number of benzene rings is 1. The van der Waals surface area contributed by atoms with Crippen LogP contribution < -0.4 is 15.8 Å². The van der Waals surface area contributed by atoms with Crippen molar-refractivity contribution in [1.29, 1.82) is 0 Å². The van der Waals surface area contributed by atoms with Gasteiger partial charge >= 0.3 is 0 Å². The number of nitrogen functional groups attached to an aromatic ring is 1. The van der Waals surface area contributed by atoms with Crippen LogP contribution in [0, 0.1) is 5.82 Å². The number of rotatable bonds is 6. The summed E-state index contributed by atoms with van der Waals surface area (Å²) in [5.74, 6) is -0.176. The number of ether oxygens (including phenoxy) is 1. The second kappa shape index (κ2) is 6.33. The highest BCUT2D eigenvalue weighted by atomic mass is 19.1. The van der Waals surface area contributed by atoms with Crippen LogP contribution in [0.4, 0.5) is 15.8 Å². The standard InChI is InChI=1S/C13H21FN2O/c1-4-5-6-16-12-8-13(17-9(2)3)10(14)7-11(12)15/h7-9,16H,4-6,15H2,1-3H3. The molecule has 0 fully saturated rings. The van der Waals surface area contributed by atoms with E-state index in [9.17, 15) is 4.39 Å². The summed E-state index contributed by atoms with van der Waals surface area (Å²) in [5.41, 5.74) is 6.89. The molecule has 1 aromatic rings. The topological polar surface area (TPSA) is 47.3 Å². The summed E-state index contributed by atoms with van der Waals surface area (Å²) < 4.78 is 18.9. The van der Waals surface area contributed by atoms with Gasteiger partial charge in [0.15, 0.2) is 11.6 Å². The average molecular weight is 240 g/mol. The van der Waals surface area contributed by atoms with E-state index in [-0.39, 0.29) is 11.9 Å². The first-order valence-corrected chi connectivity index (χ1v) is 6.04. The fraction of sp³-hybridized carbons (Fsp3) is 0.538. The second-order valence-electron chi connectivity index (χ2n) is 4.32. The minimum absolute atomic E-state index is 0.0587. The Kier molecular flexibility index (Phi) is 5.07. The van der Waals surface area contributed by atoms with Gasteiger partial charge in [0.25, 0.3) is 0 Å². The van der Waals surface area contributed by atoms with E-state index in [1.165, 1.54) is 6.07 Å². The van der Waals surface area contributed by atoms with Gasteiger partial charge in [0.1, 0.15) is 0 Å². The molecule has 0 aliphatic carbocycles. The number of hydrogen-bond donors (Lipinski definition) is 2. The number of nitrogens with two attached hydrogens (primary N) is 1. The minimum Gasteiger partial charge on any atom is -0.488 e. The monoisotopic (exact) mass is 240 g/mol. The van der Waals surface area contributed by atoms with Crippen LogP contribution in [-0.2, 0) is 0 Å². The van der Waals surface area contributed by atoms with Gasteiger partial charge in [0.2, 0.25) is 0 Å². The van der Waals surface area contributed by atoms with Crippen LogP contribution >= 0.6 is 0 Å². The molecule has 17 heavy (non-hydrogen) atoms. The zero-order chi connectivity index (χ0) is 12.8. The lowest BCUT2D eigenvalue weighted by atomic mass is 10.2. The summed E-state index contributed by atoms with van der Waals surface area (Å²) in [4.78, 5) is 0. The number of halogens is 1. The van der Waals surface area contributed by atoms with Crippen LogP contribution in [0.5, 0.6) is 5.75 Å². The Bertz CT molecular complexity index is 367. The Balaban J connectivity index is 2.82. The molecule has 0 radical (unpaired) electrons. The smallest absolute Gasteiger partial charge is 0.167 e. The highest BCUT2D eigenvalue weighted by Crippen LogP contribution is 2.28. The maximum absolute atomic E-state index is 13.5. The molecule has 3 nitrogen and oxygen atoms in total. The van der Waals surface area contributed by atoms with Crippen molar-refractivity contribution in [2.75, 3.05) is 17.6 Å². The van der Waals surface area contributed by atoms with E-state index in [1.807, 2.05) is 13.8 Å². The van der Waals surface area contributed by atoms with Crippen LogP contribution in [0.15, 0.2) is 12.1 Å². The van der Waals surface area contributed by atoms with Crippen molar-refractivity contribution in [2.45, 2.75) is 39.7 Å². The summed E-state index contributed by atoms with van der Waals surface area (Å²) in [6, 6.07) is 2.92. The third-order valence-corrected chi connectivity index (χ3v) is 2.31. The van der Waals surface area contributed by atoms with Crippen molar-refractivity contribution >= 4 is 11.4 Å². The highest BCUT2D eigenvalue weighted by molar-refractivity contribution is 5.68. The van der Waals surface area contributed by atoms with Gasteiger partial charge in [-0.15, -0.1) is 0 Å². The van der Waals surface area contributed by atoms with Crippen LogP contribution in [-0.4, -0.2) is 12.6 Å². The molecule has 0 aliphatic rings. The zero-order valence-electron chi connectivity index (χ0n) is 10.7. The molecule has 1 aromatic carbocycles. The zero-order valence-corrected chi connectivity index (χ0v) is 10.7. The quantitative estimate of drug-likeness (QED) is 0.591. The molecular weight excluding hydrogens is 219 g/mol. The first kappa shape index (κ1) is 13.6. The molecule has 1 rings (SSSR count). The molecule has 4 heteroatoms. The molecule has 0 atom stereocenters. The van der Waals surface area contributed by atoms with Crippen LogP contribution in [0.25, 0.3) is 0 Å². The molecular formula is C13H21FN2O. The molecule has 0 aliphatic heterocycles. The molecule has 0 saturated heterocycles. The lowest BCUT2D eigenvalue weighted by Crippen LogP contribution is -2.09. The van der Waals surface area contributed by atoms with Crippen LogP contribution in [0.1, 0.15) is 33.6 Å². The fourth-order valence-corrected chi connectivity index (χ4v) is 1.47. The van der Waals surface area contributed by atoms with Crippen molar-refractivity contribution in [1.82, 2.24) is 0 Å². The van der Waals surface area contributed by atoms with Crippen molar-refractivity contribution < 1.29 is 9.13 Å². The van der Waals surface area contributed by atoms with Crippen molar-refractivity contribution in [3.63, 3.8) is 0 Å². The molecule has 0 heterocycles. The first-order valence-electron chi connectivity index (χ1n) is 6.04. The maximum Gasteiger partial charge on any atom is 0.167 e. The summed E-state index contributed by atoms with van der Waals surface area (Å²) in [6.07, 6.45) is 2.09. The van der Waals surface area contributed by atoms with Crippen LogP contribution in [0.2, 0.25) is 0 Å². The minimum atomic E-state index is -0.419. The fourth-order valence-electron chi connectivity index (χ4n) is 1.47. The summed E-state index contributed by atoms with van der Waals surface area (Å²) >= 11 is 0. The molecule has 0 amide bonds. The van der Waals surface area contributed by atoms with Crippen molar-refractivity contribution in [3.05, 3.63) is 17.9 Å². The SMILES string of the molecule is CCCCNc1cc(OC(C)C)c(F)cc1N. The van der Waals surface area contributed by atoms with E-state index in [1.54, 1.807) is 6.07 Å². The summed E-state index contributed by atoms with van der Waals surface area (Å²) in [7, 11) is 0. The Hall–Kier alpha value is -1.45. The van der Waals surface area contributed by atoms with E-state index in [4.69, 9.17) is 10.5 Å². The Morgan fingerprint density at radius 2 is 2.12 bits per heavy atom. The molecule has 96 valence electrons. The first-order chi connectivity index (χ1) is 8.04. The number of nitrogens with one attached hydrogen (secondary N) is 1. The third-order valence-electron chi connectivity index (χ3n) is 2.31. The van der Waals surface area contributed by atoms with Gasteiger partial charge in [-0.2, -0.15) is 0 Å². The van der Waals surface area contributed by atoms with Gasteiger partial charge in [-0.05, 0) is 20.3 Å².